The molecule has 6 heterocycles. The minimum atomic E-state index is -0.722. The molecule has 4 aromatic heterocycles. The number of nitrogens with two attached hydrogens (primary N) is 3. The number of hydrogen-bond donors (Lipinski definition) is 7. The summed E-state index contributed by atoms with van der Waals surface area (Å²) in [4.78, 5) is 48.7. The van der Waals surface area contributed by atoms with Crippen molar-refractivity contribution in [3.8, 4) is 0 Å². The van der Waals surface area contributed by atoms with Gasteiger partial charge in [0.05, 0.1) is 37.6 Å². The van der Waals surface area contributed by atoms with Gasteiger partial charge in [-0.1, -0.05) is 22.6 Å². The van der Waals surface area contributed by atoms with Crippen molar-refractivity contribution in [3.63, 3.8) is 0 Å². The first-order valence-electron chi connectivity index (χ1n) is 11.7. The molecule has 6 rings (SSSR count). The molecule has 0 radical (unpaired) electrons. The lowest BCUT2D eigenvalue weighted by molar-refractivity contribution is -0.0620. The van der Waals surface area contributed by atoms with Gasteiger partial charge >= 0.3 is 0 Å². The standard InChI is InChI=1S/C10H12IN5O3.C10H14N6O4/c11-2-5-4(17)1-6(19-5)16-3-13-7-8(16)14-10(12)15-9(7)18;11-10-14-8-7(9(18)15-10)13-3-16(8)6-1-4(17)5(20-6)2-19-12/h3-6,17H,1-2H2,(H3,12,14,15,18);3-6,17H,1-2,12H2,(H3,11,14,15,18)/t2*4-,5+,6+/m00/s1. The normalized spacial score (nSPS) is 26.8. The average molecular weight is 659 g/mol. The zero-order valence-electron chi connectivity index (χ0n) is 20.2. The van der Waals surface area contributed by atoms with Crippen molar-refractivity contribution < 1.29 is 24.5 Å². The number of rotatable bonds is 5. The maximum absolute atomic E-state index is 11.7. The Balaban J connectivity index is 0.000000158. The molecule has 0 aromatic carbocycles. The van der Waals surface area contributed by atoms with Crippen molar-refractivity contribution in [2.45, 2.75) is 49.7 Å². The molecule has 210 valence electrons. The molecule has 4 aromatic rings. The first-order valence-corrected chi connectivity index (χ1v) is 13.2. The Morgan fingerprint density at radius 2 is 1.38 bits per heavy atom. The average Bonchev–Trinajstić information content (AvgIpc) is 3.65. The Kier molecular flexibility index (Phi) is 7.80. The molecule has 6 atom stereocenters. The summed E-state index contributed by atoms with van der Waals surface area (Å²) in [7, 11) is 0. The zero-order valence-corrected chi connectivity index (χ0v) is 22.3. The number of halogens is 1. The molecule has 0 spiro atoms. The van der Waals surface area contributed by atoms with Crippen LogP contribution in [0.15, 0.2) is 22.2 Å². The smallest absolute Gasteiger partial charge is 0.280 e. The van der Waals surface area contributed by atoms with E-state index in [1.54, 1.807) is 9.13 Å². The third-order valence-corrected chi connectivity index (χ3v) is 7.21. The van der Waals surface area contributed by atoms with Gasteiger partial charge in [0.2, 0.25) is 11.9 Å². The topological polar surface area (TPSA) is 273 Å². The molecular weight excluding hydrogens is 633 g/mol. The van der Waals surface area contributed by atoms with Gasteiger partial charge in [-0.05, 0) is 0 Å². The lowest BCUT2D eigenvalue weighted by Crippen LogP contribution is -2.27. The molecule has 19 heteroatoms. The highest BCUT2D eigenvalue weighted by Gasteiger charge is 2.36. The van der Waals surface area contributed by atoms with Crippen molar-refractivity contribution in [2.75, 3.05) is 22.5 Å². The van der Waals surface area contributed by atoms with E-state index in [1.165, 1.54) is 12.7 Å². The van der Waals surface area contributed by atoms with E-state index in [0.29, 0.717) is 28.6 Å². The van der Waals surface area contributed by atoms with Crippen LogP contribution in [0.2, 0.25) is 0 Å². The molecule has 2 aliphatic rings. The van der Waals surface area contributed by atoms with Crippen LogP contribution >= 0.6 is 22.6 Å². The first kappa shape index (κ1) is 27.4. The molecule has 0 amide bonds. The highest BCUT2D eigenvalue weighted by molar-refractivity contribution is 14.1. The van der Waals surface area contributed by atoms with E-state index >= 15 is 0 Å². The fourth-order valence-corrected chi connectivity index (χ4v) is 5.26. The second kappa shape index (κ2) is 11.1. The lowest BCUT2D eigenvalue weighted by Gasteiger charge is -2.14. The summed E-state index contributed by atoms with van der Waals surface area (Å²) in [6.45, 7) is 0.0699. The quantitative estimate of drug-likeness (QED) is 0.0696. The number of hydrogen-bond acceptors (Lipinski definition) is 14. The molecule has 39 heavy (non-hydrogen) atoms. The minimum Gasteiger partial charge on any atom is -0.390 e. The van der Waals surface area contributed by atoms with Crippen molar-refractivity contribution in [2.24, 2.45) is 5.90 Å². The van der Waals surface area contributed by atoms with Crippen molar-refractivity contribution >= 4 is 56.8 Å². The van der Waals surface area contributed by atoms with Gasteiger partial charge in [-0.25, -0.2) is 15.9 Å². The van der Waals surface area contributed by atoms with Gasteiger partial charge < -0.3 is 36.0 Å². The van der Waals surface area contributed by atoms with Crippen LogP contribution in [0.5, 0.6) is 0 Å². The predicted molar refractivity (Wildman–Crippen MR) is 143 cm³/mol. The number of alkyl halides is 1. The summed E-state index contributed by atoms with van der Waals surface area (Å²) in [5, 5.41) is 19.7. The monoisotopic (exact) mass is 659 g/mol. The summed E-state index contributed by atoms with van der Waals surface area (Å²) in [6, 6.07) is 0. The number of aromatic nitrogens is 8. The van der Waals surface area contributed by atoms with Gasteiger partial charge in [0.15, 0.2) is 22.3 Å². The van der Waals surface area contributed by atoms with E-state index in [0.717, 1.165) is 0 Å². The Morgan fingerprint density at radius 3 is 1.82 bits per heavy atom. The molecule has 0 bridgehead atoms. The number of aliphatic hydroxyl groups excluding tert-OH is 2. The predicted octanol–water partition coefficient (Wildman–Crippen LogP) is -1.97. The molecule has 2 fully saturated rings. The van der Waals surface area contributed by atoms with E-state index < -0.39 is 30.1 Å². The van der Waals surface area contributed by atoms with Gasteiger partial charge in [0.1, 0.15) is 18.6 Å². The van der Waals surface area contributed by atoms with Crippen molar-refractivity contribution in [1.29, 1.82) is 0 Å². The summed E-state index contributed by atoms with van der Waals surface area (Å²) < 4.78 is 15.2. The van der Waals surface area contributed by atoms with Crippen LogP contribution in [0, 0.1) is 0 Å². The van der Waals surface area contributed by atoms with Crippen molar-refractivity contribution in [1.82, 2.24) is 39.0 Å². The second-order valence-electron chi connectivity index (χ2n) is 8.90. The van der Waals surface area contributed by atoms with Crippen LogP contribution in [-0.2, 0) is 14.3 Å². The number of aromatic amines is 2. The highest BCUT2D eigenvalue weighted by Crippen LogP contribution is 2.32. The molecule has 2 saturated heterocycles. The number of ether oxygens (including phenoxy) is 2. The van der Waals surface area contributed by atoms with Crippen LogP contribution in [0.3, 0.4) is 0 Å². The molecule has 2 aliphatic heterocycles. The largest absolute Gasteiger partial charge is 0.390 e. The zero-order chi connectivity index (χ0) is 27.8. The SMILES string of the molecule is NOC[C@H]1O[C@@H](n2cnc3c(=O)[nH]c(N)nc32)C[C@@H]1O.Nc1nc2c(ncn2[C@H]2C[C@H](O)[C@@H](CI)O2)c(=O)[nH]1. The van der Waals surface area contributed by atoms with Gasteiger partial charge in [-0.15, -0.1) is 0 Å². The number of H-pyrrole nitrogens is 2. The van der Waals surface area contributed by atoms with Gasteiger partial charge in [-0.2, -0.15) is 9.97 Å². The Hall–Kier alpha value is -3.21. The molecule has 18 nitrogen and oxygen atoms in total. The number of imidazole rings is 2. The molecule has 10 N–H and O–H groups in total. The molecular formula is C20H26IN11O7. The minimum absolute atomic E-state index is 0.00960. The lowest BCUT2D eigenvalue weighted by atomic mass is 10.2. The maximum Gasteiger partial charge on any atom is 0.280 e. The summed E-state index contributed by atoms with van der Waals surface area (Å²) >= 11 is 2.16. The molecule has 0 saturated carbocycles. The number of nitrogens with zero attached hydrogens (tertiary/aromatic N) is 6. The maximum atomic E-state index is 11.7. The number of fused-ring (bicyclic) bond motifs is 2. The third-order valence-electron chi connectivity index (χ3n) is 6.34. The summed E-state index contributed by atoms with van der Waals surface area (Å²) in [5.41, 5.74) is 11.3. The summed E-state index contributed by atoms with van der Waals surface area (Å²) in [5.74, 6) is 5.00. The van der Waals surface area contributed by atoms with Crippen LogP contribution in [0.4, 0.5) is 11.9 Å². The van der Waals surface area contributed by atoms with E-state index in [9.17, 15) is 19.8 Å². The highest BCUT2D eigenvalue weighted by atomic mass is 127. The van der Waals surface area contributed by atoms with Crippen LogP contribution in [0.1, 0.15) is 25.3 Å². The molecule has 0 unspecified atom stereocenters. The van der Waals surface area contributed by atoms with Gasteiger partial charge in [0, 0.05) is 17.3 Å². The fraction of sp³-hybridized carbons (Fsp3) is 0.500. The number of aliphatic hydroxyl groups is 2. The number of nitrogen functional groups attached to an aromatic ring is 2. The second-order valence-corrected chi connectivity index (χ2v) is 9.78. The Bertz CT molecular complexity index is 1590. The Labute approximate surface area is 231 Å². The van der Waals surface area contributed by atoms with Crippen LogP contribution in [-0.4, -0.2) is 84.7 Å². The van der Waals surface area contributed by atoms with E-state index in [4.69, 9.17) is 26.8 Å². The van der Waals surface area contributed by atoms with Gasteiger partial charge in [-0.3, -0.25) is 28.7 Å². The third kappa shape index (κ3) is 5.33. The van der Waals surface area contributed by atoms with E-state index in [2.05, 4.69) is 57.3 Å². The molecule has 0 aliphatic carbocycles. The van der Waals surface area contributed by atoms with Crippen molar-refractivity contribution in [3.05, 3.63) is 33.4 Å². The van der Waals surface area contributed by atoms with E-state index in [1.807, 2.05) is 0 Å². The Morgan fingerprint density at radius 1 is 0.923 bits per heavy atom. The van der Waals surface area contributed by atoms with Gasteiger partial charge in [0.25, 0.3) is 11.1 Å². The number of anilines is 2. The van der Waals surface area contributed by atoms with Crippen LogP contribution < -0.4 is 28.5 Å². The first-order chi connectivity index (χ1) is 18.7. The van der Waals surface area contributed by atoms with Crippen LogP contribution in [0.25, 0.3) is 22.3 Å². The fourth-order valence-electron chi connectivity index (χ4n) is 4.46. The number of nitrogens with one attached hydrogen (secondary N) is 2. The summed E-state index contributed by atoms with van der Waals surface area (Å²) in [6.07, 6.45) is 0.761. The van der Waals surface area contributed by atoms with E-state index in [-0.39, 0.29) is 47.4 Å².